The zero-order valence-electron chi connectivity index (χ0n) is 35.5. The van der Waals surface area contributed by atoms with Gasteiger partial charge >= 0.3 is 5.97 Å². The number of esters is 1. The molecule has 1 aromatic heterocycles. The van der Waals surface area contributed by atoms with Crippen LogP contribution in [0.15, 0.2) is 36.4 Å². The maximum absolute atomic E-state index is 15.0. The zero-order valence-corrected chi connectivity index (χ0v) is 36.3. The fourth-order valence-electron chi connectivity index (χ4n) is 8.51. The third-order valence-corrected chi connectivity index (χ3v) is 14.4. The van der Waals surface area contributed by atoms with E-state index in [2.05, 4.69) is 11.6 Å². The van der Waals surface area contributed by atoms with Crippen molar-refractivity contribution in [1.82, 2.24) is 14.6 Å². The second-order valence-electron chi connectivity index (χ2n) is 18.7. The Hall–Kier alpha value is -4.20. The Morgan fingerprint density at radius 1 is 1.09 bits per heavy atom. The van der Waals surface area contributed by atoms with Crippen LogP contribution in [0, 0.1) is 29.1 Å². The highest BCUT2D eigenvalue weighted by Crippen LogP contribution is 2.58. The van der Waals surface area contributed by atoms with Crippen LogP contribution in [0.4, 0.5) is 0 Å². The second kappa shape index (κ2) is 16.5. The summed E-state index contributed by atoms with van der Waals surface area (Å²) in [6, 6.07) is 6.27. The zero-order chi connectivity index (χ0) is 42.4. The summed E-state index contributed by atoms with van der Waals surface area (Å²) in [7, 11) is -2.39. The molecule has 2 aliphatic heterocycles. The number of allylic oxidation sites excluding steroid dienone is 2. The molecule has 14 heteroatoms. The fourth-order valence-corrected chi connectivity index (χ4v) is 9.84. The summed E-state index contributed by atoms with van der Waals surface area (Å²) in [6.07, 6.45) is 6.15. The lowest BCUT2D eigenvalue weighted by atomic mass is 9.82. The van der Waals surface area contributed by atoms with Gasteiger partial charge in [-0.25, -0.2) is 8.42 Å². The van der Waals surface area contributed by atoms with Crippen LogP contribution in [0.25, 0.3) is 10.8 Å². The van der Waals surface area contributed by atoms with Gasteiger partial charge in [0.05, 0.1) is 48.3 Å². The summed E-state index contributed by atoms with van der Waals surface area (Å²) in [5.41, 5.74) is -2.05. The molecule has 318 valence electrons. The number of hydrogen-bond acceptors (Lipinski definition) is 11. The smallest absolute Gasteiger partial charge is 0.307 e. The minimum absolute atomic E-state index is 0.0200. The highest BCUT2D eigenvalue weighted by molar-refractivity contribution is 7.91. The number of carbonyl (C=O) groups is 4. The lowest BCUT2D eigenvalue weighted by Crippen LogP contribution is -2.48. The van der Waals surface area contributed by atoms with E-state index in [1.54, 1.807) is 46.9 Å². The Kier molecular flexibility index (Phi) is 12.3. The normalized spacial score (nSPS) is 29.4. The minimum atomic E-state index is -3.97. The number of hydrogen-bond donors (Lipinski definition) is 1. The minimum Gasteiger partial charge on any atom is -0.497 e. The first-order valence-electron chi connectivity index (χ1n) is 20.7. The molecule has 4 aliphatic rings. The van der Waals surface area contributed by atoms with Gasteiger partial charge in [-0.1, -0.05) is 26.0 Å². The van der Waals surface area contributed by atoms with Crippen molar-refractivity contribution in [3.8, 4) is 17.5 Å². The third kappa shape index (κ3) is 9.63. The molecular formula is C44H61N3O10S. The van der Waals surface area contributed by atoms with Crippen LogP contribution in [-0.2, 0) is 33.9 Å². The van der Waals surface area contributed by atoms with Crippen LogP contribution in [0.3, 0.4) is 0 Å². The average molecular weight is 824 g/mol. The molecule has 0 spiro atoms. The molecule has 2 aromatic rings. The number of ketones is 1. The number of sulfonamides is 1. The van der Waals surface area contributed by atoms with Crippen LogP contribution in [0.5, 0.6) is 17.5 Å². The monoisotopic (exact) mass is 823 g/mol. The van der Waals surface area contributed by atoms with Crippen molar-refractivity contribution in [3.05, 3.63) is 36.4 Å². The molecule has 58 heavy (non-hydrogen) atoms. The van der Waals surface area contributed by atoms with Gasteiger partial charge in [-0.05, 0) is 121 Å². The largest absolute Gasteiger partial charge is 0.497 e. The summed E-state index contributed by atoms with van der Waals surface area (Å²) in [5, 5.41) is 1.44. The molecule has 1 N–H and O–H groups in total. The van der Waals surface area contributed by atoms with E-state index in [0.717, 1.165) is 11.8 Å². The Labute approximate surface area is 343 Å². The van der Waals surface area contributed by atoms with Crippen molar-refractivity contribution in [1.29, 1.82) is 0 Å². The van der Waals surface area contributed by atoms with Gasteiger partial charge in [0.25, 0.3) is 0 Å². The first kappa shape index (κ1) is 43.4. The number of nitrogens with one attached hydrogen (secondary N) is 1. The number of benzene rings is 1. The van der Waals surface area contributed by atoms with Gasteiger partial charge < -0.3 is 23.8 Å². The molecule has 2 aliphatic carbocycles. The van der Waals surface area contributed by atoms with Gasteiger partial charge in [0.15, 0.2) is 5.78 Å². The van der Waals surface area contributed by atoms with Crippen LogP contribution in [0.2, 0.25) is 0 Å². The number of methoxy groups -OCH3 is 1. The van der Waals surface area contributed by atoms with E-state index in [9.17, 15) is 27.6 Å². The molecule has 2 amide bonds. The number of nitrogens with zero attached hydrogens (tertiary/aromatic N) is 2. The van der Waals surface area contributed by atoms with Crippen molar-refractivity contribution in [2.45, 2.75) is 142 Å². The van der Waals surface area contributed by atoms with Gasteiger partial charge in [-0.15, -0.1) is 0 Å². The van der Waals surface area contributed by atoms with E-state index in [0.29, 0.717) is 49.1 Å². The molecule has 0 unspecified atom stereocenters. The van der Waals surface area contributed by atoms with Crippen LogP contribution in [-0.4, -0.2) is 84.1 Å². The number of ether oxygens (including phenoxy) is 4. The predicted molar refractivity (Wildman–Crippen MR) is 219 cm³/mol. The van der Waals surface area contributed by atoms with Crippen molar-refractivity contribution >= 4 is 44.4 Å². The summed E-state index contributed by atoms with van der Waals surface area (Å²) in [5.74, 6) is -1.86. The van der Waals surface area contributed by atoms with Crippen LogP contribution < -0.4 is 18.9 Å². The number of pyridine rings is 1. The number of carbonyl (C=O) groups excluding carboxylic acids is 4. The Balaban J connectivity index is 1.37. The molecule has 1 saturated heterocycles. The quantitative estimate of drug-likeness (QED) is 0.200. The molecule has 0 radical (unpaired) electrons. The van der Waals surface area contributed by atoms with Crippen molar-refractivity contribution < 1.29 is 46.5 Å². The molecule has 1 aromatic carbocycles. The van der Waals surface area contributed by atoms with Gasteiger partial charge in [-0.2, -0.15) is 4.98 Å². The molecule has 13 nitrogen and oxygen atoms in total. The standard InChI is InChI=1S/C44H61N3O10S/c1-26(2)55-37-20-29-19-31(54-9)14-15-33(29)39(45-37)56-32-21-35-36(48)24-44(41(51)46-58(52,53)43(8)16-17-43)23-30(44)13-11-10-12-27(3)18-28(4)34(40(50)47(35)25-32)22-38(49)57-42(5,6)7/h11,13-15,19-20,26-28,30,32,34-35H,10,12,16-18,21-25H2,1-9H3,(H,46,51)/b13-11-/t27-,28-,30-,32-,34+,35+,44-/m1/s1. The second-order valence-corrected chi connectivity index (χ2v) is 20.9. The summed E-state index contributed by atoms with van der Waals surface area (Å²) in [6.45, 7) is 14.8. The van der Waals surface area contributed by atoms with E-state index in [1.807, 2.05) is 45.1 Å². The predicted octanol–water partition coefficient (Wildman–Crippen LogP) is 6.70. The van der Waals surface area contributed by atoms with Crippen LogP contribution in [0.1, 0.15) is 113 Å². The SMILES string of the molecule is COc1ccc2c(O[C@@H]3C[C@H]4C(=O)C[C@]5(C(=O)NS(=O)(=O)C6(C)CC6)C[C@H]5/C=C\CC[C@@H](C)C[C@@H](C)[C@H](CC(=O)OC(C)(C)C)C(=O)N4C3)nc(OC(C)C)cc2c1. The van der Waals surface area contributed by atoms with E-state index in [4.69, 9.17) is 23.9 Å². The number of fused-ring (bicyclic) bond motifs is 3. The molecule has 6 rings (SSSR count). The Morgan fingerprint density at radius 3 is 2.47 bits per heavy atom. The van der Waals surface area contributed by atoms with E-state index in [1.165, 1.54) is 4.90 Å². The molecule has 3 heterocycles. The number of amides is 2. The van der Waals surface area contributed by atoms with Gasteiger partial charge in [0, 0.05) is 24.3 Å². The lowest BCUT2D eigenvalue weighted by molar-refractivity contribution is -0.160. The molecule has 7 atom stereocenters. The maximum atomic E-state index is 15.0. The molecule has 2 saturated carbocycles. The highest BCUT2D eigenvalue weighted by Gasteiger charge is 2.62. The molecule has 3 fully saturated rings. The van der Waals surface area contributed by atoms with Crippen molar-refractivity contribution in [2.75, 3.05) is 13.7 Å². The first-order chi connectivity index (χ1) is 27.1. The maximum Gasteiger partial charge on any atom is 0.307 e. The first-order valence-corrected chi connectivity index (χ1v) is 22.2. The lowest BCUT2D eigenvalue weighted by Gasteiger charge is -2.32. The third-order valence-electron chi connectivity index (χ3n) is 12.2. The average Bonchev–Trinajstić information content (AvgIpc) is 4.00. The summed E-state index contributed by atoms with van der Waals surface area (Å²) >= 11 is 0. The number of aromatic nitrogens is 1. The fraction of sp³-hybridized carbons (Fsp3) is 0.659. The van der Waals surface area contributed by atoms with Gasteiger partial charge in [0.2, 0.25) is 33.6 Å². The van der Waals surface area contributed by atoms with E-state index >= 15 is 0 Å². The summed E-state index contributed by atoms with van der Waals surface area (Å²) < 4.78 is 51.7. The van der Waals surface area contributed by atoms with Crippen LogP contribution >= 0.6 is 0 Å². The highest BCUT2D eigenvalue weighted by atomic mass is 32.2. The Morgan fingerprint density at radius 2 is 1.81 bits per heavy atom. The van der Waals surface area contributed by atoms with E-state index < -0.39 is 55.7 Å². The van der Waals surface area contributed by atoms with Gasteiger partial charge in [0.1, 0.15) is 17.5 Å². The Bertz CT molecular complexity index is 2050. The topological polar surface area (TPSA) is 167 Å². The van der Waals surface area contributed by atoms with Crippen molar-refractivity contribution in [2.24, 2.45) is 29.1 Å². The number of rotatable bonds is 10. The number of Topliss-reactive ketones (excluding diaryl/α,β-unsaturated/α-hetero) is 1. The summed E-state index contributed by atoms with van der Waals surface area (Å²) in [4.78, 5) is 63.4. The van der Waals surface area contributed by atoms with Gasteiger partial charge in [-0.3, -0.25) is 23.9 Å². The molecular weight excluding hydrogens is 763 g/mol. The molecule has 0 bridgehead atoms. The van der Waals surface area contributed by atoms with E-state index in [-0.39, 0.29) is 67.2 Å². The van der Waals surface area contributed by atoms with Crippen molar-refractivity contribution in [3.63, 3.8) is 0 Å².